The predicted octanol–water partition coefficient (Wildman–Crippen LogP) is 4.27. The molecule has 0 unspecified atom stereocenters. The quantitative estimate of drug-likeness (QED) is 0.325. The van der Waals surface area contributed by atoms with Crippen LogP contribution in [0.2, 0.25) is 0 Å². The maximum Gasteiger partial charge on any atom is 0.433 e. The van der Waals surface area contributed by atoms with Crippen molar-refractivity contribution in [1.29, 1.82) is 5.26 Å². The van der Waals surface area contributed by atoms with Crippen molar-refractivity contribution in [2.75, 3.05) is 20.1 Å². The van der Waals surface area contributed by atoms with Gasteiger partial charge in [-0.25, -0.2) is 15.0 Å². The van der Waals surface area contributed by atoms with Crippen LogP contribution in [-0.2, 0) is 18.3 Å². The first-order valence-electron chi connectivity index (χ1n) is 13.6. The van der Waals surface area contributed by atoms with Crippen LogP contribution in [0, 0.1) is 11.3 Å². The third-order valence-corrected chi connectivity index (χ3v) is 8.08. The van der Waals surface area contributed by atoms with Crippen molar-refractivity contribution in [1.82, 2.24) is 39.9 Å². The highest BCUT2D eigenvalue weighted by atomic mass is 19.4. The van der Waals surface area contributed by atoms with E-state index in [0.29, 0.717) is 37.7 Å². The van der Waals surface area contributed by atoms with Gasteiger partial charge in [0.15, 0.2) is 0 Å². The molecule has 4 aromatic heterocycles. The second-order valence-electron chi connectivity index (χ2n) is 10.9. The first-order valence-corrected chi connectivity index (χ1v) is 13.6. The molecule has 2 aliphatic rings. The lowest BCUT2D eigenvalue weighted by Gasteiger charge is -2.53. The van der Waals surface area contributed by atoms with E-state index in [0.717, 1.165) is 54.0 Å². The molecule has 13 heteroatoms. The number of ether oxygens (including phenoxy) is 1. The van der Waals surface area contributed by atoms with Gasteiger partial charge < -0.3 is 15.0 Å². The second kappa shape index (κ2) is 10.8. The number of pyridine rings is 1. The number of rotatable bonds is 8. The summed E-state index contributed by atoms with van der Waals surface area (Å²) in [4.78, 5) is 17.9. The summed E-state index contributed by atoms with van der Waals surface area (Å²) in [6, 6.07) is 7.21. The Morgan fingerprint density at radius 2 is 2.00 bits per heavy atom. The molecule has 214 valence electrons. The second-order valence-corrected chi connectivity index (χ2v) is 10.9. The summed E-state index contributed by atoms with van der Waals surface area (Å²) in [7, 11) is 1.68. The Hall–Kier alpha value is -4.02. The molecule has 10 nitrogen and oxygen atoms in total. The minimum atomic E-state index is -4.54. The number of aromatic amines is 1. The van der Waals surface area contributed by atoms with Crippen molar-refractivity contribution < 1.29 is 17.9 Å². The van der Waals surface area contributed by atoms with Gasteiger partial charge in [0.05, 0.1) is 24.4 Å². The maximum atomic E-state index is 13.4. The van der Waals surface area contributed by atoms with E-state index in [1.54, 1.807) is 19.3 Å². The highest BCUT2D eigenvalue weighted by Crippen LogP contribution is 2.39. The Kier molecular flexibility index (Phi) is 7.13. The largest absolute Gasteiger partial charge is 0.474 e. The van der Waals surface area contributed by atoms with Gasteiger partial charge in [-0.3, -0.25) is 9.58 Å². The molecule has 0 spiro atoms. The van der Waals surface area contributed by atoms with E-state index >= 15 is 0 Å². The summed E-state index contributed by atoms with van der Waals surface area (Å²) in [6.07, 6.45) is 5.84. The van der Waals surface area contributed by atoms with Crippen LogP contribution in [0.3, 0.4) is 0 Å². The van der Waals surface area contributed by atoms with E-state index in [-0.39, 0.29) is 12.0 Å². The van der Waals surface area contributed by atoms with Crippen molar-refractivity contribution >= 4 is 11.0 Å². The Bertz CT molecular complexity index is 1560. The predicted molar refractivity (Wildman–Crippen MR) is 144 cm³/mol. The van der Waals surface area contributed by atoms with Gasteiger partial charge in [0.2, 0.25) is 5.88 Å². The lowest BCUT2D eigenvalue weighted by molar-refractivity contribution is -0.141. The fraction of sp³-hybridized carbons (Fsp3) is 0.464. The van der Waals surface area contributed by atoms with Gasteiger partial charge in [-0.05, 0) is 50.4 Å². The SMILES string of the molecule is CNCc1cc(O[C@H]2CC[C@@H](N3CC(CC#N)(n4cc(-c5ncnc6[nH]ccc56)cn4)C3)CC2)nc(C(F)(F)F)c1. The Morgan fingerprint density at radius 1 is 1.20 bits per heavy atom. The average Bonchev–Trinajstić information content (AvgIpc) is 3.61. The van der Waals surface area contributed by atoms with Gasteiger partial charge in [0, 0.05) is 55.1 Å². The molecule has 6 rings (SSSR count). The zero-order valence-electron chi connectivity index (χ0n) is 22.5. The van der Waals surface area contributed by atoms with E-state index in [2.05, 4.69) is 41.3 Å². The van der Waals surface area contributed by atoms with E-state index in [9.17, 15) is 18.4 Å². The Balaban J connectivity index is 1.09. The summed E-state index contributed by atoms with van der Waals surface area (Å²) < 4.78 is 47.9. The molecule has 1 aliphatic carbocycles. The van der Waals surface area contributed by atoms with Crippen LogP contribution in [0.5, 0.6) is 5.88 Å². The molecule has 1 saturated carbocycles. The van der Waals surface area contributed by atoms with Gasteiger partial charge in [-0.15, -0.1) is 0 Å². The first-order chi connectivity index (χ1) is 19.8. The van der Waals surface area contributed by atoms with Crippen LogP contribution < -0.4 is 10.1 Å². The molecule has 5 heterocycles. The number of H-pyrrole nitrogens is 1. The smallest absolute Gasteiger partial charge is 0.433 e. The Labute approximate surface area is 234 Å². The van der Waals surface area contributed by atoms with Crippen molar-refractivity contribution in [2.24, 2.45) is 0 Å². The van der Waals surface area contributed by atoms with Crippen molar-refractivity contribution in [2.45, 2.75) is 62.5 Å². The number of likely N-dealkylation sites (tertiary alicyclic amines) is 1. The number of nitrogens with zero attached hydrogens (tertiary/aromatic N) is 7. The Morgan fingerprint density at radius 3 is 2.73 bits per heavy atom. The molecule has 1 saturated heterocycles. The molecule has 41 heavy (non-hydrogen) atoms. The van der Waals surface area contributed by atoms with Crippen LogP contribution in [0.25, 0.3) is 22.3 Å². The summed E-state index contributed by atoms with van der Waals surface area (Å²) in [6.45, 7) is 1.69. The highest BCUT2D eigenvalue weighted by molar-refractivity contribution is 5.90. The van der Waals surface area contributed by atoms with E-state index in [1.165, 1.54) is 6.33 Å². The summed E-state index contributed by atoms with van der Waals surface area (Å²) in [5, 5.41) is 18.1. The molecular weight excluding hydrogens is 535 g/mol. The zero-order valence-corrected chi connectivity index (χ0v) is 22.5. The molecule has 0 radical (unpaired) electrons. The molecule has 4 aromatic rings. The summed E-state index contributed by atoms with van der Waals surface area (Å²) >= 11 is 0. The zero-order chi connectivity index (χ0) is 28.6. The molecule has 0 atom stereocenters. The topological polar surface area (TPSA) is 121 Å². The van der Waals surface area contributed by atoms with Crippen LogP contribution in [-0.4, -0.2) is 66.9 Å². The van der Waals surface area contributed by atoms with Gasteiger partial charge >= 0.3 is 6.18 Å². The normalized spacial score (nSPS) is 21.0. The molecule has 1 aliphatic heterocycles. The summed E-state index contributed by atoms with van der Waals surface area (Å²) in [5.41, 5.74) is 1.53. The lowest BCUT2D eigenvalue weighted by Crippen LogP contribution is -2.65. The minimum Gasteiger partial charge on any atom is -0.474 e. The van der Waals surface area contributed by atoms with E-state index in [1.807, 2.05) is 23.1 Å². The third kappa shape index (κ3) is 5.37. The minimum absolute atomic E-state index is 0.0144. The third-order valence-electron chi connectivity index (χ3n) is 8.08. The van der Waals surface area contributed by atoms with E-state index in [4.69, 9.17) is 4.74 Å². The fourth-order valence-corrected chi connectivity index (χ4v) is 6.03. The van der Waals surface area contributed by atoms with Crippen LogP contribution in [0.4, 0.5) is 13.2 Å². The number of alkyl halides is 3. The van der Waals surface area contributed by atoms with Gasteiger partial charge in [-0.2, -0.15) is 23.5 Å². The number of hydrogen-bond donors (Lipinski definition) is 2. The number of fused-ring (bicyclic) bond motifs is 1. The molecule has 0 aromatic carbocycles. The van der Waals surface area contributed by atoms with Crippen LogP contribution in [0.15, 0.2) is 43.1 Å². The number of aromatic nitrogens is 6. The molecule has 2 N–H and O–H groups in total. The van der Waals surface area contributed by atoms with Crippen molar-refractivity contribution in [3.8, 4) is 23.2 Å². The number of nitrogens with one attached hydrogen (secondary N) is 2. The van der Waals surface area contributed by atoms with Crippen LogP contribution >= 0.6 is 0 Å². The average molecular weight is 566 g/mol. The number of halogens is 3. The number of hydrogen-bond acceptors (Lipinski definition) is 8. The van der Waals surface area contributed by atoms with Crippen LogP contribution in [0.1, 0.15) is 43.4 Å². The van der Waals surface area contributed by atoms with Gasteiger partial charge in [0.25, 0.3) is 0 Å². The molecule has 0 bridgehead atoms. The molecular formula is C28H30F3N9O. The fourth-order valence-electron chi connectivity index (χ4n) is 6.03. The lowest BCUT2D eigenvalue weighted by atomic mass is 9.82. The number of nitriles is 1. The highest BCUT2D eigenvalue weighted by Gasteiger charge is 2.48. The maximum absolute atomic E-state index is 13.4. The van der Waals surface area contributed by atoms with Crippen molar-refractivity contribution in [3.05, 3.63) is 54.4 Å². The summed E-state index contributed by atoms with van der Waals surface area (Å²) in [5.74, 6) is 0.0144. The van der Waals surface area contributed by atoms with Gasteiger partial charge in [-0.1, -0.05) is 0 Å². The first kappa shape index (κ1) is 27.2. The van der Waals surface area contributed by atoms with Gasteiger partial charge in [0.1, 0.15) is 29.3 Å². The molecule has 0 amide bonds. The standard InChI is InChI=1S/C28H30F3N9O/c1-33-12-18-10-23(28(29,30)31)38-24(11-18)41-21-4-2-20(3-5-21)39-15-27(16-39,7-8-32)40-14-19(13-37-40)25-22-6-9-34-26(22)36-17-35-25/h6,9-11,13-14,17,20-21,33H,2-5,7,12,15-16H2,1H3,(H,34,35,36)/t20-,21+. The monoisotopic (exact) mass is 565 g/mol. The molecule has 2 fully saturated rings. The van der Waals surface area contributed by atoms with Crippen molar-refractivity contribution in [3.63, 3.8) is 0 Å². The van der Waals surface area contributed by atoms with E-state index < -0.39 is 17.4 Å².